The van der Waals surface area contributed by atoms with E-state index in [4.69, 9.17) is 5.73 Å². The van der Waals surface area contributed by atoms with Gasteiger partial charge >= 0.3 is 0 Å². The Balaban J connectivity index is 2.08. The van der Waals surface area contributed by atoms with Gasteiger partial charge in [-0.2, -0.15) is 0 Å². The number of hydrogen-bond acceptors (Lipinski definition) is 5. The minimum Gasteiger partial charge on any atom is -0.367 e. The lowest BCUT2D eigenvalue weighted by Crippen LogP contribution is -2.21. The summed E-state index contributed by atoms with van der Waals surface area (Å²) in [6.45, 7) is 2.27. The Morgan fingerprint density at radius 1 is 1.41 bits per heavy atom. The second-order valence-corrected chi connectivity index (χ2v) is 4.19. The van der Waals surface area contributed by atoms with Crippen molar-refractivity contribution in [1.82, 2.24) is 19.5 Å². The van der Waals surface area contributed by atoms with Gasteiger partial charge in [0.15, 0.2) is 5.65 Å². The second-order valence-electron chi connectivity index (χ2n) is 4.19. The van der Waals surface area contributed by atoms with E-state index in [1.165, 1.54) is 0 Å². The van der Waals surface area contributed by atoms with Crippen LogP contribution in [0.2, 0.25) is 0 Å². The highest BCUT2D eigenvalue weighted by molar-refractivity contribution is 5.45. The molecule has 0 aromatic carbocycles. The van der Waals surface area contributed by atoms with Crippen LogP contribution >= 0.6 is 0 Å². The first-order valence-electron chi connectivity index (χ1n) is 5.63. The summed E-state index contributed by atoms with van der Waals surface area (Å²) in [5, 5.41) is 7.67. The van der Waals surface area contributed by atoms with Gasteiger partial charge in [0.05, 0.1) is 11.9 Å². The van der Waals surface area contributed by atoms with Gasteiger partial charge in [-0.3, -0.25) is 0 Å². The van der Waals surface area contributed by atoms with Gasteiger partial charge in [0.2, 0.25) is 0 Å². The fraction of sp³-hybridized carbons (Fsp3) is 0.455. The average molecular weight is 234 g/mol. The Bertz CT molecular complexity index is 490. The van der Waals surface area contributed by atoms with Gasteiger partial charge in [-0.1, -0.05) is 0 Å². The summed E-state index contributed by atoms with van der Waals surface area (Å²) in [6, 6.07) is 3.86. The van der Waals surface area contributed by atoms with Crippen LogP contribution < -0.4 is 11.1 Å². The average Bonchev–Trinajstić information content (AvgIpc) is 2.70. The Morgan fingerprint density at radius 3 is 2.94 bits per heavy atom. The number of nitrogens with zero attached hydrogens (tertiary/aromatic N) is 4. The molecule has 2 heterocycles. The minimum absolute atomic E-state index is 0.437. The molecule has 92 valence electrons. The van der Waals surface area contributed by atoms with Gasteiger partial charge < -0.3 is 16.0 Å². The third-order valence-corrected chi connectivity index (χ3v) is 2.44. The molecule has 0 aliphatic heterocycles. The van der Waals surface area contributed by atoms with E-state index in [-0.39, 0.29) is 0 Å². The Hall–Kier alpha value is -1.66. The first kappa shape index (κ1) is 11.8. The lowest BCUT2D eigenvalue weighted by Gasteiger charge is -2.10. The van der Waals surface area contributed by atoms with Crippen molar-refractivity contribution in [2.75, 3.05) is 32.5 Å². The minimum atomic E-state index is 0.437. The number of nitrogens with two attached hydrogens (primary N) is 1. The van der Waals surface area contributed by atoms with Crippen molar-refractivity contribution in [2.45, 2.75) is 6.54 Å². The van der Waals surface area contributed by atoms with Crippen molar-refractivity contribution in [3.05, 3.63) is 24.0 Å². The van der Waals surface area contributed by atoms with Crippen molar-refractivity contribution < 1.29 is 0 Å². The summed E-state index contributed by atoms with van der Waals surface area (Å²) in [6.07, 6.45) is 1.85. The Kier molecular flexibility index (Phi) is 3.55. The van der Waals surface area contributed by atoms with E-state index >= 15 is 0 Å². The van der Waals surface area contributed by atoms with Crippen molar-refractivity contribution in [1.29, 1.82) is 0 Å². The van der Waals surface area contributed by atoms with Crippen molar-refractivity contribution in [3.8, 4) is 0 Å². The topological polar surface area (TPSA) is 71.5 Å². The number of rotatable bonds is 5. The first-order chi connectivity index (χ1) is 8.19. The van der Waals surface area contributed by atoms with Crippen LogP contribution in [0, 0.1) is 0 Å². The summed E-state index contributed by atoms with van der Waals surface area (Å²) < 4.78 is 1.75. The first-order valence-corrected chi connectivity index (χ1v) is 5.63. The molecule has 0 saturated carbocycles. The maximum absolute atomic E-state index is 5.54. The number of aromatic nitrogens is 3. The molecule has 0 aliphatic carbocycles. The monoisotopic (exact) mass is 234 g/mol. The molecule has 6 nitrogen and oxygen atoms in total. The van der Waals surface area contributed by atoms with Crippen LogP contribution in [-0.2, 0) is 6.54 Å². The predicted molar refractivity (Wildman–Crippen MR) is 67.9 cm³/mol. The number of imidazole rings is 1. The molecule has 0 amide bonds. The molecule has 0 atom stereocenters. The summed E-state index contributed by atoms with van der Waals surface area (Å²) in [4.78, 5) is 6.44. The van der Waals surface area contributed by atoms with Crippen LogP contribution in [0.15, 0.2) is 18.3 Å². The van der Waals surface area contributed by atoms with Gasteiger partial charge in [-0.05, 0) is 26.2 Å². The third-order valence-electron chi connectivity index (χ3n) is 2.44. The predicted octanol–water partition coefficient (Wildman–Crippen LogP) is 0.162. The zero-order valence-electron chi connectivity index (χ0n) is 10.2. The maximum atomic E-state index is 5.54. The largest absolute Gasteiger partial charge is 0.367 e. The number of likely N-dealkylation sites (N-methyl/N-ethyl adjacent to an activating group) is 1. The molecule has 0 unspecified atom stereocenters. The van der Waals surface area contributed by atoms with Crippen LogP contribution in [0.1, 0.15) is 5.69 Å². The maximum Gasteiger partial charge on any atom is 0.153 e. The summed E-state index contributed by atoms with van der Waals surface area (Å²) in [7, 11) is 4.09. The number of fused-ring (bicyclic) bond motifs is 1. The van der Waals surface area contributed by atoms with E-state index in [1.54, 1.807) is 4.52 Å². The van der Waals surface area contributed by atoms with Crippen LogP contribution in [0.5, 0.6) is 0 Å². The molecule has 17 heavy (non-hydrogen) atoms. The zero-order valence-corrected chi connectivity index (χ0v) is 10.2. The van der Waals surface area contributed by atoms with E-state index in [0.29, 0.717) is 6.54 Å². The van der Waals surface area contributed by atoms with E-state index in [0.717, 1.165) is 30.2 Å². The molecular weight excluding hydrogens is 216 g/mol. The van der Waals surface area contributed by atoms with Crippen LogP contribution in [-0.4, -0.2) is 46.7 Å². The Labute approximate surface area is 100 Å². The highest BCUT2D eigenvalue weighted by atomic mass is 15.3. The molecule has 0 fully saturated rings. The number of nitrogens with one attached hydrogen (secondary N) is 1. The van der Waals surface area contributed by atoms with E-state index < -0.39 is 0 Å². The molecule has 6 heteroatoms. The smallest absolute Gasteiger partial charge is 0.153 e. The quantitative estimate of drug-likeness (QED) is 0.771. The lowest BCUT2D eigenvalue weighted by molar-refractivity contribution is 0.425. The summed E-state index contributed by atoms with van der Waals surface area (Å²) in [5.41, 5.74) is 7.21. The van der Waals surface area contributed by atoms with Gasteiger partial charge in [-0.15, -0.1) is 5.10 Å². The van der Waals surface area contributed by atoms with E-state index in [2.05, 4.69) is 20.3 Å². The van der Waals surface area contributed by atoms with Crippen molar-refractivity contribution in [2.24, 2.45) is 5.73 Å². The van der Waals surface area contributed by atoms with Crippen LogP contribution in [0.4, 0.5) is 5.82 Å². The molecule has 2 aromatic rings. The summed E-state index contributed by atoms with van der Waals surface area (Å²) in [5.74, 6) is 0.848. The van der Waals surface area contributed by atoms with Crippen molar-refractivity contribution in [3.63, 3.8) is 0 Å². The molecule has 0 aliphatic rings. The molecule has 3 N–H and O–H groups in total. The molecule has 0 saturated heterocycles. The molecule has 2 aromatic heterocycles. The SMILES string of the molecule is CN(C)CCNc1ccc2nc(CN)cn2n1. The van der Waals surface area contributed by atoms with Crippen LogP contribution in [0.25, 0.3) is 5.65 Å². The molecule has 0 spiro atoms. The fourth-order valence-corrected chi connectivity index (χ4v) is 1.53. The fourth-order valence-electron chi connectivity index (χ4n) is 1.53. The molecule has 0 bridgehead atoms. The molecule has 2 rings (SSSR count). The second kappa shape index (κ2) is 5.11. The normalized spacial score (nSPS) is 11.3. The highest BCUT2D eigenvalue weighted by Crippen LogP contribution is 2.07. The standard InChI is InChI=1S/C11H18N6/c1-16(2)6-5-13-10-3-4-11-14-9(7-12)8-17(11)15-10/h3-4,8H,5-7,12H2,1-2H3,(H,13,15). The molecular formula is C11H18N6. The summed E-state index contributed by atoms with van der Waals surface area (Å²) >= 11 is 0. The zero-order chi connectivity index (χ0) is 12.3. The van der Waals surface area contributed by atoms with E-state index in [1.807, 2.05) is 32.4 Å². The van der Waals surface area contributed by atoms with Crippen molar-refractivity contribution >= 4 is 11.5 Å². The number of anilines is 1. The van der Waals surface area contributed by atoms with Gasteiger partial charge in [0.25, 0.3) is 0 Å². The third kappa shape index (κ3) is 2.92. The highest BCUT2D eigenvalue weighted by Gasteiger charge is 2.02. The lowest BCUT2D eigenvalue weighted by atomic mass is 10.5. The Morgan fingerprint density at radius 2 is 2.24 bits per heavy atom. The van der Waals surface area contributed by atoms with Gasteiger partial charge in [0, 0.05) is 19.6 Å². The van der Waals surface area contributed by atoms with Crippen LogP contribution in [0.3, 0.4) is 0 Å². The van der Waals surface area contributed by atoms with Gasteiger partial charge in [0.1, 0.15) is 5.82 Å². The van der Waals surface area contributed by atoms with E-state index in [9.17, 15) is 0 Å². The molecule has 0 radical (unpaired) electrons. The number of hydrogen-bond donors (Lipinski definition) is 2. The van der Waals surface area contributed by atoms with Gasteiger partial charge in [-0.25, -0.2) is 9.50 Å².